The van der Waals surface area contributed by atoms with E-state index in [1.807, 2.05) is 20.8 Å². The summed E-state index contributed by atoms with van der Waals surface area (Å²) in [7, 11) is 2.81. The monoisotopic (exact) mass is 266 g/mol. The molecule has 104 valence electrons. The Kier molecular flexibility index (Phi) is 4.19. The third-order valence-electron chi connectivity index (χ3n) is 2.78. The van der Waals surface area contributed by atoms with Gasteiger partial charge in [0, 0.05) is 0 Å². The Morgan fingerprint density at radius 2 is 1.68 bits per heavy atom. The van der Waals surface area contributed by atoms with Crippen molar-refractivity contribution >= 4 is 11.8 Å². The SMILES string of the molecule is COc1cc(C(C)(C)C)cc(C(=O)C(=O)O)c1OC. The number of carbonyl (C=O) groups excluding carboxylic acids is 1. The molecular weight excluding hydrogens is 248 g/mol. The average Bonchev–Trinajstić information content (AvgIpc) is 2.34. The van der Waals surface area contributed by atoms with Crippen LogP contribution in [0.4, 0.5) is 0 Å². The van der Waals surface area contributed by atoms with Gasteiger partial charge in [0.15, 0.2) is 11.5 Å². The summed E-state index contributed by atoms with van der Waals surface area (Å²) in [4.78, 5) is 22.6. The fraction of sp³-hybridized carbons (Fsp3) is 0.429. The average molecular weight is 266 g/mol. The zero-order valence-electron chi connectivity index (χ0n) is 11.7. The molecule has 1 rings (SSSR count). The number of carbonyl (C=O) groups is 2. The third-order valence-corrected chi connectivity index (χ3v) is 2.78. The van der Waals surface area contributed by atoms with Crippen LogP contribution < -0.4 is 9.47 Å². The molecule has 5 heteroatoms. The van der Waals surface area contributed by atoms with Gasteiger partial charge in [-0.1, -0.05) is 20.8 Å². The van der Waals surface area contributed by atoms with Gasteiger partial charge in [0.1, 0.15) is 0 Å². The highest BCUT2D eigenvalue weighted by Gasteiger charge is 2.26. The summed E-state index contributed by atoms with van der Waals surface area (Å²) in [5, 5.41) is 8.87. The maximum absolute atomic E-state index is 11.7. The quantitative estimate of drug-likeness (QED) is 0.668. The van der Waals surface area contributed by atoms with Crippen molar-refractivity contribution in [2.24, 2.45) is 0 Å². The molecule has 0 amide bonds. The summed E-state index contributed by atoms with van der Waals surface area (Å²) in [6.07, 6.45) is 0. The van der Waals surface area contributed by atoms with E-state index in [0.717, 1.165) is 5.56 Å². The van der Waals surface area contributed by atoms with Gasteiger partial charge in [-0.05, 0) is 23.1 Å². The number of carboxylic acids is 1. The Morgan fingerprint density at radius 1 is 1.11 bits per heavy atom. The van der Waals surface area contributed by atoms with Crippen LogP contribution in [-0.2, 0) is 10.2 Å². The van der Waals surface area contributed by atoms with Crippen molar-refractivity contribution < 1.29 is 24.2 Å². The van der Waals surface area contributed by atoms with Crippen LogP contribution in [0.5, 0.6) is 11.5 Å². The molecular formula is C14H18O5. The third kappa shape index (κ3) is 3.05. The topological polar surface area (TPSA) is 72.8 Å². The number of rotatable bonds is 4. The molecule has 0 aliphatic heterocycles. The lowest BCUT2D eigenvalue weighted by atomic mass is 9.85. The molecule has 0 heterocycles. The van der Waals surface area contributed by atoms with Crippen LogP contribution in [0.3, 0.4) is 0 Å². The van der Waals surface area contributed by atoms with Crippen molar-refractivity contribution in [3.63, 3.8) is 0 Å². The van der Waals surface area contributed by atoms with Gasteiger partial charge in [-0.15, -0.1) is 0 Å². The molecule has 0 radical (unpaired) electrons. The lowest BCUT2D eigenvalue weighted by Crippen LogP contribution is -2.18. The predicted octanol–water partition coefficient (Wildman–Crippen LogP) is 2.27. The van der Waals surface area contributed by atoms with E-state index in [1.165, 1.54) is 20.3 Å². The van der Waals surface area contributed by atoms with Crippen LogP contribution in [0.2, 0.25) is 0 Å². The second kappa shape index (κ2) is 5.30. The Labute approximate surface area is 112 Å². The molecule has 0 unspecified atom stereocenters. The van der Waals surface area contributed by atoms with Gasteiger partial charge in [-0.3, -0.25) is 4.79 Å². The summed E-state index contributed by atoms with van der Waals surface area (Å²) < 4.78 is 10.3. The maximum Gasteiger partial charge on any atom is 0.377 e. The van der Waals surface area contributed by atoms with Crippen molar-refractivity contribution in [2.45, 2.75) is 26.2 Å². The molecule has 1 N–H and O–H groups in total. The fourth-order valence-electron chi connectivity index (χ4n) is 1.68. The number of aliphatic carboxylic acids is 1. The smallest absolute Gasteiger partial charge is 0.377 e. The summed E-state index contributed by atoms with van der Waals surface area (Å²) in [5.74, 6) is -2.05. The summed E-state index contributed by atoms with van der Waals surface area (Å²) in [5.41, 5.74) is 0.557. The molecule has 5 nitrogen and oxygen atoms in total. The Hall–Kier alpha value is -2.04. The Morgan fingerprint density at radius 3 is 2.05 bits per heavy atom. The van der Waals surface area contributed by atoms with E-state index in [0.29, 0.717) is 5.75 Å². The molecule has 0 atom stereocenters. The number of ether oxygens (including phenoxy) is 2. The zero-order valence-corrected chi connectivity index (χ0v) is 11.7. The molecule has 19 heavy (non-hydrogen) atoms. The van der Waals surface area contributed by atoms with Gasteiger partial charge >= 0.3 is 5.97 Å². The first-order chi connectivity index (χ1) is 8.72. The number of Topliss-reactive ketones (excluding diaryl/α,β-unsaturated/α-hetero) is 1. The van der Waals surface area contributed by atoms with Crippen LogP contribution in [-0.4, -0.2) is 31.1 Å². The van der Waals surface area contributed by atoms with Crippen molar-refractivity contribution in [3.8, 4) is 11.5 Å². The molecule has 0 aliphatic rings. The summed E-state index contributed by atoms with van der Waals surface area (Å²) >= 11 is 0. The molecule has 0 fully saturated rings. The normalized spacial score (nSPS) is 11.0. The Bertz CT molecular complexity index is 511. The largest absolute Gasteiger partial charge is 0.493 e. The first-order valence-electron chi connectivity index (χ1n) is 5.76. The van der Waals surface area contributed by atoms with Crippen molar-refractivity contribution in [1.29, 1.82) is 0 Å². The predicted molar refractivity (Wildman–Crippen MR) is 70.2 cm³/mol. The number of carboxylic acid groups (broad SMARTS) is 1. The lowest BCUT2D eigenvalue weighted by molar-refractivity contribution is -0.131. The van der Waals surface area contributed by atoms with Crippen LogP contribution in [0.15, 0.2) is 12.1 Å². The number of hydrogen-bond acceptors (Lipinski definition) is 4. The molecule has 0 spiro atoms. The highest BCUT2D eigenvalue weighted by Crippen LogP contribution is 2.36. The minimum Gasteiger partial charge on any atom is -0.493 e. The zero-order chi connectivity index (χ0) is 14.8. The van der Waals surface area contributed by atoms with E-state index >= 15 is 0 Å². The molecule has 1 aromatic carbocycles. The Balaban J connectivity index is 3.58. The number of methoxy groups -OCH3 is 2. The summed E-state index contributed by atoms with van der Waals surface area (Å²) in [6.45, 7) is 5.88. The molecule has 0 saturated carbocycles. The van der Waals surface area contributed by atoms with E-state index in [1.54, 1.807) is 6.07 Å². The number of ketones is 1. The molecule has 0 bridgehead atoms. The highest BCUT2D eigenvalue weighted by atomic mass is 16.5. The minimum atomic E-state index is -1.52. The first-order valence-corrected chi connectivity index (χ1v) is 5.76. The van der Waals surface area contributed by atoms with E-state index in [4.69, 9.17) is 14.6 Å². The molecule has 0 aliphatic carbocycles. The highest BCUT2D eigenvalue weighted by molar-refractivity contribution is 6.40. The lowest BCUT2D eigenvalue weighted by Gasteiger charge is -2.22. The van der Waals surface area contributed by atoms with Crippen LogP contribution in [0.25, 0.3) is 0 Å². The van der Waals surface area contributed by atoms with E-state index in [9.17, 15) is 9.59 Å². The van der Waals surface area contributed by atoms with Crippen molar-refractivity contribution in [3.05, 3.63) is 23.3 Å². The molecule has 1 aromatic rings. The van der Waals surface area contributed by atoms with Crippen LogP contribution >= 0.6 is 0 Å². The fourth-order valence-corrected chi connectivity index (χ4v) is 1.68. The van der Waals surface area contributed by atoms with Crippen molar-refractivity contribution in [1.82, 2.24) is 0 Å². The molecule has 0 saturated heterocycles. The van der Waals surface area contributed by atoms with Gasteiger partial charge in [-0.2, -0.15) is 0 Å². The van der Waals surface area contributed by atoms with Crippen LogP contribution in [0, 0.1) is 0 Å². The van der Waals surface area contributed by atoms with Gasteiger partial charge in [0.2, 0.25) is 0 Å². The second-order valence-corrected chi connectivity index (χ2v) is 5.14. The van der Waals surface area contributed by atoms with E-state index in [2.05, 4.69) is 0 Å². The van der Waals surface area contributed by atoms with Gasteiger partial charge in [-0.25, -0.2) is 4.79 Å². The number of benzene rings is 1. The second-order valence-electron chi connectivity index (χ2n) is 5.14. The number of hydrogen-bond donors (Lipinski definition) is 1. The van der Waals surface area contributed by atoms with Gasteiger partial charge in [0.05, 0.1) is 19.8 Å². The minimum absolute atomic E-state index is 0.000671. The van der Waals surface area contributed by atoms with Crippen molar-refractivity contribution in [2.75, 3.05) is 14.2 Å². The van der Waals surface area contributed by atoms with Gasteiger partial charge in [0.25, 0.3) is 5.78 Å². The van der Waals surface area contributed by atoms with Gasteiger partial charge < -0.3 is 14.6 Å². The maximum atomic E-state index is 11.7. The first kappa shape index (κ1) is 15.0. The van der Waals surface area contributed by atoms with Crippen LogP contribution in [0.1, 0.15) is 36.7 Å². The molecule has 0 aromatic heterocycles. The van der Waals surface area contributed by atoms with E-state index in [-0.39, 0.29) is 16.7 Å². The summed E-state index contributed by atoms with van der Waals surface area (Å²) in [6, 6.07) is 3.29. The van der Waals surface area contributed by atoms with E-state index < -0.39 is 11.8 Å². The standard InChI is InChI=1S/C14H18O5/c1-14(2,3)8-6-9(11(15)13(16)17)12(19-5)10(7-8)18-4/h6-7H,1-5H3,(H,16,17).